The van der Waals surface area contributed by atoms with E-state index in [9.17, 15) is 17.6 Å². The molecule has 2 N–H and O–H groups in total. The van der Waals surface area contributed by atoms with Crippen molar-refractivity contribution in [2.24, 2.45) is 5.73 Å². The van der Waals surface area contributed by atoms with Gasteiger partial charge in [0, 0.05) is 6.61 Å². The fourth-order valence-corrected chi connectivity index (χ4v) is 1.82. The lowest BCUT2D eigenvalue weighted by Crippen LogP contribution is -2.38. The first kappa shape index (κ1) is 15.9. The SMILES string of the molecule is CCOC(C)(C)C(N)c1ccc(F)c(C(F)(F)F)c1. The third kappa shape index (κ3) is 3.67. The summed E-state index contributed by atoms with van der Waals surface area (Å²) in [6, 6.07) is 1.98. The van der Waals surface area contributed by atoms with E-state index in [4.69, 9.17) is 10.5 Å². The van der Waals surface area contributed by atoms with Crippen molar-refractivity contribution in [2.75, 3.05) is 6.61 Å². The first-order valence-electron chi connectivity index (χ1n) is 5.85. The Kier molecular flexibility index (Phi) is 4.58. The molecule has 0 heterocycles. The maximum atomic E-state index is 13.2. The first-order valence-corrected chi connectivity index (χ1v) is 5.85. The minimum Gasteiger partial charge on any atom is -0.374 e. The maximum absolute atomic E-state index is 13.2. The minimum absolute atomic E-state index is 0.187. The average Bonchev–Trinajstić information content (AvgIpc) is 2.27. The molecule has 6 heteroatoms. The van der Waals surface area contributed by atoms with Crippen molar-refractivity contribution >= 4 is 0 Å². The van der Waals surface area contributed by atoms with Gasteiger partial charge >= 0.3 is 6.18 Å². The van der Waals surface area contributed by atoms with Crippen LogP contribution in [0.3, 0.4) is 0 Å². The zero-order chi connectivity index (χ0) is 14.8. The topological polar surface area (TPSA) is 35.2 Å². The number of rotatable bonds is 4. The van der Waals surface area contributed by atoms with Crippen LogP contribution in [0.5, 0.6) is 0 Å². The van der Waals surface area contributed by atoms with Crippen LogP contribution in [0.2, 0.25) is 0 Å². The Hall–Kier alpha value is -1.14. The minimum atomic E-state index is -4.74. The number of ether oxygens (including phenoxy) is 1. The summed E-state index contributed by atoms with van der Waals surface area (Å²) in [5.74, 6) is -1.31. The maximum Gasteiger partial charge on any atom is 0.419 e. The third-order valence-corrected chi connectivity index (χ3v) is 2.92. The standard InChI is InChI=1S/C13H17F4NO/c1-4-19-12(2,3)11(18)8-5-6-10(14)9(7-8)13(15,16)17/h5-7,11H,4,18H2,1-3H3. The highest BCUT2D eigenvalue weighted by Crippen LogP contribution is 2.35. The number of benzene rings is 1. The normalized spacial score (nSPS) is 14.5. The van der Waals surface area contributed by atoms with Crippen molar-refractivity contribution in [1.29, 1.82) is 0 Å². The second kappa shape index (κ2) is 5.46. The first-order chi connectivity index (χ1) is 8.59. The lowest BCUT2D eigenvalue weighted by molar-refractivity contribution is -0.140. The molecule has 0 aliphatic carbocycles. The van der Waals surface area contributed by atoms with Crippen LogP contribution < -0.4 is 5.73 Å². The van der Waals surface area contributed by atoms with E-state index in [1.807, 2.05) is 0 Å². The predicted octanol–water partition coefficient (Wildman–Crippen LogP) is 3.66. The summed E-state index contributed by atoms with van der Waals surface area (Å²) in [6.07, 6.45) is -4.74. The summed E-state index contributed by atoms with van der Waals surface area (Å²) in [6.45, 7) is 5.50. The van der Waals surface area contributed by atoms with Crippen LogP contribution in [0, 0.1) is 5.82 Å². The number of alkyl halides is 3. The Morgan fingerprint density at radius 2 is 1.84 bits per heavy atom. The van der Waals surface area contributed by atoms with Gasteiger partial charge in [-0.2, -0.15) is 13.2 Å². The van der Waals surface area contributed by atoms with Crippen molar-refractivity contribution in [3.05, 3.63) is 35.1 Å². The van der Waals surface area contributed by atoms with E-state index < -0.39 is 29.2 Å². The monoisotopic (exact) mass is 279 g/mol. The molecule has 1 aromatic rings. The molecule has 0 saturated carbocycles. The molecule has 0 aromatic heterocycles. The van der Waals surface area contributed by atoms with Crippen molar-refractivity contribution in [2.45, 2.75) is 38.6 Å². The molecule has 19 heavy (non-hydrogen) atoms. The quantitative estimate of drug-likeness (QED) is 0.854. The van der Waals surface area contributed by atoms with Crippen LogP contribution in [0.25, 0.3) is 0 Å². The number of nitrogens with two attached hydrogens (primary N) is 1. The molecule has 0 bridgehead atoms. The fraction of sp³-hybridized carbons (Fsp3) is 0.538. The van der Waals surface area contributed by atoms with Gasteiger partial charge in [0.1, 0.15) is 5.82 Å². The van der Waals surface area contributed by atoms with Gasteiger partial charge in [-0.3, -0.25) is 0 Å². The van der Waals surface area contributed by atoms with E-state index in [0.717, 1.165) is 12.1 Å². The fourth-order valence-electron chi connectivity index (χ4n) is 1.82. The summed E-state index contributed by atoms with van der Waals surface area (Å²) in [7, 11) is 0. The van der Waals surface area contributed by atoms with Gasteiger partial charge in [-0.15, -0.1) is 0 Å². The Morgan fingerprint density at radius 3 is 2.32 bits per heavy atom. The van der Waals surface area contributed by atoms with Crippen LogP contribution in [0.1, 0.15) is 37.9 Å². The molecule has 0 spiro atoms. The van der Waals surface area contributed by atoms with E-state index in [1.54, 1.807) is 20.8 Å². The molecule has 1 unspecified atom stereocenters. The zero-order valence-electron chi connectivity index (χ0n) is 11.0. The third-order valence-electron chi connectivity index (χ3n) is 2.92. The molecule has 2 nitrogen and oxygen atoms in total. The van der Waals surface area contributed by atoms with E-state index in [2.05, 4.69) is 0 Å². The molecular formula is C13H17F4NO. The van der Waals surface area contributed by atoms with Crippen LogP contribution in [0.15, 0.2) is 18.2 Å². The van der Waals surface area contributed by atoms with Gasteiger partial charge in [-0.05, 0) is 38.5 Å². The Morgan fingerprint density at radius 1 is 1.26 bits per heavy atom. The second-order valence-electron chi connectivity index (χ2n) is 4.75. The summed E-state index contributed by atoms with van der Waals surface area (Å²) >= 11 is 0. The predicted molar refractivity (Wildman–Crippen MR) is 64.0 cm³/mol. The van der Waals surface area contributed by atoms with E-state index in [0.29, 0.717) is 6.61 Å². The molecule has 0 fully saturated rings. The molecule has 1 rings (SSSR count). The molecule has 0 aliphatic heterocycles. The summed E-state index contributed by atoms with van der Waals surface area (Å²) < 4.78 is 56.5. The van der Waals surface area contributed by atoms with Crippen molar-refractivity contribution in [3.63, 3.8) is 0 Å². The Bertz CT molecular complexity index is 443. The number of hydrogen-bond acceptors (Lipinski definition) is 2. The summed E-state index contributed by atoms with van der Waals surface area (Å²) in [5.41, 5.74) is 3.94. The lowest BCUT2D eigenvalue weighted by atomic mass is 9.91. The molecular weight excluding hydrogens is 262 g/mol. The van der Waals surface area contributed by atoms with E-state index in [1.165, 1.54) is 6.07 Å². The summed E-state index contributed by atoms with van der Waals surface area (Å²) in [4.78, 5) is 0. The van der Waals surface area contributed by atoms with Crippen molar-refractivity contribution in [1.82, 2.24) is 0 Å². The zero-order valence-corrected chi connectivity index (χ0v) is 11.0. The van der Waals surface area contributed by atoms with Gasteiger partial charge in [-0.1, -0.05) is 6.07 Å². The van der Waals surface area contributed by atoms with Crippen molar-refractivity contribution < 1.29 is 22.3 Å². The molecule has 0 aliphatic rings. The van der Waals surface area contributed by atoms with E-state index >= 15 is 0 Å². The van der Waals surface area contributed by atoms with Crippen LogP contribution in [0.4, 0.5) is 17.6 Å². The molecule has 0 radical (unpaired) electrons. The van der Waals surface area contributed by atoms with Gasteiger partial charge in [0.2, 0.25) is 0 Å². The number of hydrogen-bond donors (Lipinski definition) is 1. The molecule has 108 valence electrons. The number of halogens is 4. The Balaban J connectivity index is 3.16. The molecule has 0 amide bonds. The highest BCUT2D eigenvalue weighted by molar-refractivity contribution is 5.30. The second-order valence-corrected chi connectivity index (χ2v) is 4.75. The molecule has 1 atom stereocenters. The molecule has 1 aromatic carbocycles. The van der Waals surface area contributed by atoms with Gasteiger partial charge in [0.05, 0.1) is 17.2 Å². The van der Waals surface area contributed by atoms with Crippen LogP contribution in [-0.4, -0.2) is 12.2 Å². The molecule has 0 saturated heterocycles. The van der Waals surface area contributed by atoms with E-state index in [-0.39, 0.29) is 5.56 Å². The average molecular weight is 279 g/mol. The lowest BCUT2D eigenvalue weighted by Gasteiger charge is -2.32. The van der Waals surface area contributed by atoms with Crippen molar-refractivity contribution in [3.8, 4) is 0 Å². The van der Waals surface area contributed by atoms with Gasteiger partial charge < -0.3 is 10.5 Å². The van der Waals surface area contributed by atoms with Crippen LogP contribution >= 0.6 is 0 Å². The largest absolute Gasteiger partial charge is 0.419 e. The highest BCUT2D eigenvalue weighted by atomic mass is 19.4. The van der Waals surface area contributed by atoms with Gasteiger partial charge in [0.25, 0.3) is 0 Å². The Labute approximate surface area is 109 Å². The summed E-state index contributed by atoms with van der Waals surface area (Å²) in [5, 5.41) is 0. The van der Waals surface area contributed by atoms with Crippen LogP contribution in [-0.2, 0) is 10.9 Å². The highest BCUT2D eigenvalue weighted by Gasteiger charge is 2.36. The smallest absolute Gasteiger partial charge is 0.374 e. The van der Waals surface area contributed by atoms with Gasteiger partial charge in [0.15, 0.2) is 0 Å². The van der Waals surface area contributed by atoms with Gasteiger partial charge in [-0.25, -0.2) is 4.39 Å².